The van der Waals surface area contributed by atoms with Gasteiger partial charge < -0.3 is 19.3 Å². The minimum absolute atomic E-state index is 0.106. The van der Waals surface area contributed by atoms with E-state index in [2.05, 4.69) is 54.8 Å². The molecule has 0 aromatic carbocycles. The number of phosphoric acid groups is 1. The lowest BCUT2D eigenvalue weighted by atomic mass is 10.0. The smallest absolute Gasteiger partial charge is 0.462 e. The molecule has 8 nitrogen and oxygen atoms in total. The van der Waals surface area contributed by atoms with Gasteiger partial charge in [-0.15, -0.1) is 0 Å². The molecule has 0 fully saturated rings. The monoisotopic (exact) mass is 753 g/mol. The van der Waals surface area contributed by atoms with Gasteiger partial charge in [-0.2, -0.15) is 0 Å². The van der Waals surface area contributed by atoms with Gasteiger partial charge in [0.25, 0.3) is 0 Å². The molecule has 0 saturated heterocycles. The fraction of sp³-hybridized carbons (Fsp3) is 0.767. The number of rotatable bonds is 38. The molecule has 0 aromatic rings. The maximum Gasteiger partial charge on any atom is 0.469 e. The van der Waals surface area contributed by atoms with Crippen LogP contribution in [0.15, 0.2) is 48.6 Å². The average molecular weight is 753 g/mol. The van der Waals surface area contributed by atoms with Crippen LogP contribution in [0.4, 0.5) is 0 Å². The van der Waals surface area contributed by atoms with Crippen LogP contribution in [0.3, 0.4) is 0 Å². The quantitative estimate of drug-likeness (QED) is 0.0277. The first-order valence-electron chi connectivity index (χ1n) is 20.9. The molecule has 1 unspecified atom stereocenters. The second-order valence-electron chi connectivity index (χ2n) is 13.9. The molecule has 0 aliphatic rings. The molecule has 0 saturated carbocycles. The van der Waals surface area contributed by atoms with Gasteiger partial charge in [-0.25, -0.2) is 4.57 Å². The van der Waals surface area contributed by atoms with Crippen molar-refractivity contribution >= 4 is 19.8 Å². The Morgan fingerprint density at radius 1 is 0.519 bits per heavy atom. The Kier molecular flexibility index (Phi) is 37.2. The summed E-state index contributed by atoms with van der Waals surface area (Å²) in [5.74, 6) is -0.962. The lowest BCUT2D eigenvalue weighted by molar-refractivity contribution is -0.161. The van der Waals surface area contributed by atoms with Crippen LogP contribution < -0.4 is 0 Å². The van der Waals surface area contributed by atoms with E-state index in [4.69, 9.17) is 19.3 Å². The number of allylic oxidation sites excluding steroid dienone is 8. The fourth-order valence-corrected chi connectivity index (χ4v) is 6.12. The van der Waals surface area contributed by atoms with Gasteiger partial charge in [0.05, 0.1) is 6.61 Å². The number of carbonyl (C=O) groups is 2. The molecule has 0 bridgehead atoms. The minimum atomic E-state index is -4.77. The molecule has 0 aromatic heterocycles. The second-order valence-corrected chi connectivity index (χ2v) is 15.2. The minimum Gasteiger partial charge on any atom is -0.462 e. The highest BCUT2D eigenvalue weighted by Crippen LogP contribution is 2.36. The summed E-state index contributed by atoms with van der Waals surface area (Å²) in [5.41, 5.74) is 0. The highest BCUT2D eigenvalue weighted by molar-refractivity contribution is 7.46. The zero-order valence-electron chi connectivity index (χ0n) is 33.2. The van der Waals surface area contributed by atoms with Crippen LogP contribution in [-0.2, 0) is 28.2 Å². The number of carbonyl (C=O) groups excluding carboxylic acids is 2. The summed E-state index contributed by atoms with van der Waals surface area (Å²) >= 11 is 0. The predicted molar refractivity (Wildman–Crippen MR) is 216 cm³/mol. The third kappa shape index (κ3) is 40.8. The lowest BCUT2D eigenvalue weighted by Crippen LogP contribution is -2.29. The second kappa shape index (κ2) is 38.7. The number of esters is 2. The first-order chi connectivity index (χ1) is 25.3. The van der Waals surface area contributed by atoms with Crippen molar-refractivity contribution in [3.8, 4) is 0 Å². The summed E-state index contributed by atoms with van der Waals surface area (Å²) in [5, 5.41) is 0. The lowest BCUT2D eigenvalue weighted by Gasteiger charge is -2.18. The number of unbranched alkanes of at least 4 members (excludes halogenated alkanes) is 20. The molecule has 0 spiro atoms. The van der Waals surface area contributed by atoms with E-state index in [0.717, 1.165) is 44.9 Å². The van der Waals surface area contributed by atoms with Gasteiger partial charge in [-0.1, -0.05) is 172 Å². The Hall–Kier alpha value is -1.99. The van der Waals surface area contributed by atoms with Crippen molar-refractivity contribution in [2.24, 2.45) is 0 Å². The first kappa shape index (κ1) is 50.0. The molecule has 9 heteroatoms. The average Bonchev–Trinajstić information content (AvgIpc) is 3.11. The SMILES string of the molecule is CC/C=C/C/C=C/CCCCCCCCCCCCCCCCC(=O)OCC(COP(=O)(O)O)OC(=O)CC/C=C/C/C=C/CCCCCCCC. The molecule has 0 amide bonds. The molecular formula is C43H77O8P. The van der Waals surface area contributed by atoms with Crippen molar-refractivity contribution < 1.29 is 37.9 Å². The van der Waals surface area contributed by atoms with E-state index in [0.29, 0.717) is 6.42 Å². The Labute approximate surface area is 318 Å². The number of phosphoric ester groups is 1. The van der Waals surface area contributed by atoms with Crippen LogP contribution in [0.5, 0.6) is 0 Å². The summed E-state index contributed by atoms with van der Waals surface area (Å²) in [6.45, 7) is 3.53. The largest absolute Gasteiger partial charge is 0.469 e. The maximum absolute atomic E-state index is 12.3. The van der Waals surface area contributed by atoms with E-state index in [9.17, 15) is 14.2 Å². The standard InChI is InChI=1S/C43H77O8P/c1-3-5-7-9-11-13-15-17-18-19-20-21-22-23-24-26-27-29-31-33-35-37-42(44)49-39-41(40-50-52(46,47)48)51-43(45)38-36-34-32-30-28-25-16-14-12-10-8-6-4-2/h5,7,11,13,25,28,32,34,41H,3-4,6,8-10,12,14-24,26-27,29-31,33,35-40H2,1-2H3,(H2,46,47,48)/b7-5+,13-11+,28-25+,34-32+. The van der Waals surface area contributed by atoms with Crippen LogP contribution in [0.25, 0.3) is 0 Å². The van der Waals surface area contributed by atoms with Gasteiger partial charge in [0.2, 0.25) is 0 Å². The van der Waals surface area contributed by atoms with Gasteiger partial charge in [0.15, 0.2) is 6.10 Å². The molecular weight excluding hydrogens is 675 g/mol. The Bertz CT molecular complexity index is 984. The van der Waals surface area contributed by atoms with Gasteiger partial charge >= 0.3 is 19.8 Å². The number of hydrogen-bond donors (Lipinski definition) is 2. The van der Waals surface area contributed by atoms with Crippen molar-refractivity contribution in [3.63, 3.8) is 0 Å². The molecule has 0 radical (unpaired) electrons. The highest BCUT2D eigenvalue weighted by Gasteiger charge is 2.22. The van der Waals surface area contributed by atoms with Gasteiger partial charge in [-0.05, 0) is 57.8 Å². The highest BCUT2D eigenvalue weighted by atomic mass is 31.2. The fourth-order valence-electron chi connectivity index (χ4n) is 5.76. The van der Waals surface area contributed by atoms with E-state index < -0.39 is 32.5 Å². The summed E-state index contributed by atoms with van der Waals surface area (Å²) < 4.78 is 26.3. The van der Waals surface area contributed by atoms with Crippen LogP contribution in [-0.4, -0.2) is 41.0 Å². The molecule has 0 heterocycles. The molecule has 302 valence electrons. The van der Waals surface area contributed by atoms with Crippen molar-refractivity contribution in [2.45, 2.75) is 200 Å². The van der Waals surface area contributed by atoms with Crippen LogP contribution in [0.2, 0.25) is 0 Å². The molecule has 2 N–H and O–H groups in total. The topological polar surface area (TPSA) is 119 Å². The van der Waals surface area contributed by atoms with Crippen molar-refractivity contribution in [3.05, 3.63) is 48.6 Å². The summed E-state index contributed by atoms with van der Waals surface area (Å²) in [6, 6.07) is 0. The van der Waals surface area contributed by atoms with Crippen LogP contribution >= 0.6 is 7.82 Å². The Balaban J connectivity index is 3.90. The summed E-state index contributed by atoms with van der Waals surface area (Å²) in [4.78, 5) is 42.7. The molecule has 52 heavy (non-hydrogen) atoms. The van der Waals surface area contributed by atoms with E-state index in [1.807, 2.05) is 12.2 Å². The third-order valence-electron chi connectivity index (χ3n) is 8.84. The molecule has 0 aliphatic heterocycles. The predicted octanol–water partition coefficient (Wildman–Crippen LogP) is 12.7. The van der Waals surface area contributed by atoms with E-state index in [1.54, 1.807) is 0 Å². The first-order valence-corrected chi connectivity index (χ1v) is 22.5. The Morgan fingerprint density at radius 2 is 0.962 bits per heavy atom. The Morgan fingerprint density at radius 3 is 1.44 bits per heavy atom. The normalized spacial score (nSPS) is 12.9. The summed E-state index contributed by atoms with van der Waals surface area (Å²) in [7, 11) is -4.77. The number of ether oxygens (including phenoxy) is 2. The van der Waals surface area contributed by atoms with Gasteiger partial charge in [0, 0.05) is 12.8 Å². The van der Waals surface area contributed by atoms with Crippen LogP contribution in [0.1, 0.15) is 194 Å². The zero-order valence-corrected chi connectivity index (χ0v) is 34.1. The van der Waals surface area contributed by atoms with Crippen molar-refractivity contribution in [1.29, 1.82) is 0 Å². The molecule has 0 rings (SSSR count). The van der Waals surface area contributed by atoms with Crippen LogP contribution in [0, 0.1) is 0 Å². The maximum atomic E-state index is 12.3. The van der Waals surface area contributed by atoms with Gasteiger partial charge in [-0.3, -0.25) is 14.1 Å². The summed E-state index contributed by atoms with van der Waals surface area (Å²) in [6.07, 6.45) is 47.1. The third-order valence-corrected chi connectivity index (χ3v) is 9.33. The van der Waals surface area contributed by atoms with Gasteiger partial charge in [0.1, 0.15) is 6.61 Å². The molecule has 0 aliphatic carbocycles. The van der Waals surface area contributed by atoms with Crippen molar-refractivity contribution in [2.75, 3.05) is 13.2 Å². The van der Waals surface area contributed by atoms with E-state index in [-0.39, 0.29) is 19.4 Å². The van der Waals surface area contributed by atoms with E-state index >= 15 is 0 Å². The van der Waals surface area contributed by atoms with E-state index in [1.165, 1.54) is 116 Å². The van der Waals surface area contributed by atoms with Crippen molar-refractivity contribution in [1.82, 2.24) is 0 Å². The zero-order chi connectivity index (χ0) is 38.2. The molecule has 1 atom stereocenters. The number of hydrogen-bond acceptors (Lipinski definition) is 6.